The van der Waals surface area contributed by atoms with Gasteiger partial charge in [0.05, 0.1) is 6.54 Å². The van der Waals surface area contributed by atoms with Gasteiger partial charge in [-0.25, -0.2) is 14.2 Å². The zero-order valence-corrected chi connectivity index (χ0v) is 17.1. The van der Waals surface area contributed by atoms with Crippen LogP contribution in [0.5, 0.6) is 0 Å². The van der Waals surface area contributed by atoms with E-state index < -0.39 is 23.1 Å². The van der Waals surface area contributed by atoms with Crippen LogP contribution in [0.1, 0.15) is 44.8 Å². The molecule has 0 saturated heterocycles. The fourth-order valence-electron chi connectivity index (χ4n) is 3.09. The number of aliphatic imine (C=N–C) groups is 1. The monoisotopic (exact) mass is 418 g/mol. The normalized spacial score (nSPS) is 18.4. The third kappa shape index (κ3) is 4.03. The topological polar surface area (TPSA) is 118 Å². The second kappa shape index (κ2) is 7.04. The number of nitrogens with one attached hydrogen (secondary N) is 1. The van der Waals surface area contributed by atoms with Crippen LogP contribution in [0.25, 0.3) is 0 Å². The third-order valence-electron chi connectivity index (χ3n) is 4.26. The molecule has 1 aromatic heterocycles. The van der Waals surface area contributed by atoms with Gasteiger partial charge in [-0.15, -0.1) is 0 Å². The number of amidine groups is 1. The van der Waals surface area contributed by atoms with Gasteiger partial charge < -0.3 is 15.0 Å². The van der Waals surface area contributed by atoms with Crippen LogP contribution < -0.4 is 11.1 Å². The van der Waals surface area contributed by atoms with Crippen LogP contribution in [0.3, 0.4) is 0 Å². The van der Waals surface area contributed by atoms with Crippen LogP contribution in [0, 0.1) is 17.1 Å². The number of hydrogen-bond acceptors (Lipinski definition) is 6. The van der Waals surface area contributed by atoms with Crippen LogP contribution in [-0.4, -0.2) is 27.1 Å². The second-order valence-corrected chi connectivity index (χ2v) is 8.23. The molecule has 0 aliphatic carbocycles. The summed E-state index contributed by atoms with van der Waals surface area (Å²) in [5.74, 6) is -0.326. The van der Waals surface area contributed by atoms with Gasteiger partial charge in [-0.2, -0.15) is 5.26 Å². The Balaban J connectivity index is 2.14. The number of nitrogens with two attached hydrogens (primary N) is 1. The van der Waals surface area contributed by atoms with Crippen molar-refractivity contribution in [3.05, 3.63) is 46.3 Å². The lowest BCUT2D eigenvalue weighted by atomic mass is 9.90. The van der Waals surface area contributed by atoms with E-state index in [1.165, 1.54) is 22.8 Å². The van der Waals surface area contributed by atoms with E-state index in [1.807, 2.05) is 6.07 Å². The zero-order chi connectivity index (χ0) is 21.6. The van der Waals surface area contributed by atoms with Gasteiger partial charge >= 0.3 is 6.09 Å². The number of nitrogen functional groups attached to an aromatic ring is 1. The number of fused-ring (bicyclic) bond motifs is 1. The van der Waals surface area contributed by atoms with Gasteiger partial charge in [0.2, 0.25) is 0 Å². The molecule has 1 aliphatic heterocycles. The van der Waals surface area contributed by atoms with Gasteiger partial charge in [-0.3, -0.25) is 10.3 Å². The molecular weight excluding hydrogens is 399 g/mol. The minimum absolute atomic E-state index is 0.0122. The Kier molecular flexibility index (Phi) is 5.01. The zero-order valence-electron chi connectivity index (χ0n) is 16.4. The van der Waals surface area contributed by atoms with Gasteiger partial charge in [-0.05, 0) is 45.9 Å². The van der Waals surface area contributed by atoms with Gasteiger partial charge in [0.1, 0.15) is 23.0 Å². The van der Waals surface area contributed by atoms with E-state index in [2.05, 4.69) is 15.3 Å². The summed E-state index contributed by atoms with van der Waals surface area (Å²) >= 11 is 6.09. The SMILES string of the molecule is CC(C)(C)OC(=O)NC1=N[C@](C)(c2cc(N)ccc2F)Cn2c1nc(Cl)c2C#N. The number of alkyl carbamates (subject to hydrolysis) is 1. The highest BCUT2D eigenvalue weighted by Crippen LogP contribution is 2.36. The Morgan fingerprint density at radius 3 is 2.79 bits per heavy atom. The standard InChI is InChI=1S/C19H20ClFN6O2/c1-18(2,3)29-17(28)25-15-16-24-14(20)13(8-22)27(16)9-19(4,26-15)11-7-10(23)5-6-12(11)21/h5-7H,9,23H2,1-4H3,(H,25,26,28)/t19-/m0/s1. The number of amides is 1. The average molecular weight is 419 g/mol. The van der Waals surface area contributed by atoms with Crippen molar-refractivity contribution in [3.8, 4) is 6.07 Å². The number of rotatable bonds is 1. The van der Waals surface area contributed by atoms with E-state index in [0.29, 0.717) is 5.69 Å². The van der Waals surface area contributed by atoms with Crippen molar-refractivity contribution in [1.29, 1.82) is 5.26 Å². The molecule has 10 heteroatoms. The first-order valence-corrected chi connectivity index (χ1v) is 9.13. The summed E-state index contributed by atoms with van der Waals surface area (Å²) in [6.07, 6.45) is -0.766. The van der Waals surface area contributed by atoms with E-state index in [4.69, 9.17) is 22.1 Å². The van der Waals surface area contributed by atoms with Gasteiger partial charge in [-0.1, -0.05) is 11.6 Å². The van der Waals surface area contributed by atoms with Crippen LogP contribution in [0.2, 0.25) is 5.15 Å². The lowest BCUT2D eigenvalue weighted by Gasteiger charge is -2.33. The predicted molar refractivity (Wildman–Crippen MR) is 106 cm³/mol. The Hall–Kier alpha value is -3.12. The highest BCUT2D eigenvalue weighted by molar-refractivity contribution is 6.30. The molecule has 0 saturated carbocycles. The summed E-state index contributed by atoms with van der Waals surface area (Å²) in [7, 11) is 0. The molecule has 0 unspecified atom stereocenters. The maximum atomic E-state index is 14.6. The number of nitriles is 1. The van der Waals surface area contributed by atoms with E-state index >= 15 is 0 Å². The maximum absolute atomic E-state index is 14.6. The average Bonchev–Trinajstić information content (AvgIpc) is 2.90. The molecular formula is C19H20ClFN6O2. The van der Waals surface area contributed by atoms with Crippen molar-refractivity contribution in [2.75, 3.05) is 5.73 Å². The smallest absolute Gasteiger partial charge is 0.413 e. The first-order valence-electron chi connectivity index (χ1n) is 8.75. The Bertz CT molecular complexity index is 1070. The lowest BCUT2D eigenvalue weighted by Crippen LogP contribution is -2.44. The summed E-state index contributed by atoms with van der Waals surface area (Å²) in [5.41, 5.74) is 4.55. The molecule has 1 aliphatic rings. The van der Waals surface area contributed by atoms with Crippen molar-refractivity contribution in [2.24, 2.45) is 4.99 Å². The first kappa shape index (κ1) is 20.6. The largest absolute Gasteiger partial charge is 0.444 e. The fraction of sp³-hybridized carbons (Fsp3) is 0.368. The van der Waals surface area contributed by atoms with E-state index in [0.717, 1.165) is 0 Å². The molecule has 1 aromatic carbocycles. The van der Waals surface area contributed by atoms with E-state index in [9.17, 15) is 14.4 Å². The number of halogens is 2. The van der Waals surface area contributed by atoms with Gasteiger partial charge in [0.15, 0.2) is 22.5 Å². The van der Waals surface area contributed by atoms with Crippen LogP contribution in [0.15, 0.2) is 23.2 Å². The highest BCUT2D eigenvalue weighted by atomic mass is 35.5. The van der Waals surface area contributed by atoms with Crippen LogP contribution in [-0.2, 0) is 16.8 Å². The first-order chi connectivity index (χ1) is 13.4. The summed E-state index contributed by atoms with van der Waals surface area (Å²) in [4.78, 5) is 21.0. The number of carbonyl (C=O) groups is 1. The van der Waals surface area contributed by atoms with Crippen molar-refractivity contribution in [2.45, 2.75) is 45.4 Å². The molecule has 2 heterocycles. The fourth-order valence-corrected chi connectivity index (χ4v) is 3.31. The number of benzene rings is 1. The number of imidazole rings is 1. The Morgan fingerprint density at radius 1 is 1.48 bits per heavy atom. The van der Waals surface area contributed by atoms with Crippen molar-refractivity contribution in [1.82, 2.24) is 14.9 Å². The van der Waals surface area contributed by atoms with Crippen molar-refractivity contribution < 1.29 is 13.9 Å². The van der Waals surface area contributed by atoms with Crippen molar-refractivity contribution in [3.63, 3.8) is 0 Å². The van der Waals surface area contributed by atoms with Crippen LogP contribution >= 0.6 is 11.6 Å². The van der Waals surface area contributed by atoms with Crippen molar-refractivity contribution >= 4 is 29.2 Å². The van der Waals surface area contributed by atoms with E-state index in [1.54, 1.807) is 27.7 Å². The Labute approximate surface area is 172 Å². The number of nitrogens with zero attached hydrogens (tertiary/aromatic N) is 4. The quantitative estimate of drug-likeness (QED) is 0.688. The maximum Gasteiger partial charge on any atom is 0.413 e. The summed E-state index contributed by atoms with van der Waals surface area (Å²) in [6, 6.07) is 6.14. The number of carbonyl (C=O) groups excluding carboxylic acids is 1. The van der Waals surface area contributed by atoms with Gasteiger partial charge in [0, 0.05) is 11.3 Å². The number of anilines is 1. The molecule has 3 N–H and O–H groups in total. The molecule has 2 aromatic rings. The molecule has 1 amide bonds. The molecule has 8 nitrogen and oxygen atoms in total. The third-order valence-corrected chi connectivity index (χ3v) is 4.52. The molecule has 0 spiro atoms. The Morgan fingerprint density at radius 2 is 2.17 bits per heavy atom. The minimum Gasteiger partial charge on any atom is -0.444 e. The summed E-state index contributed by atoms with van der Waals surface area (Å²) in [6.45, 7) is 6.89. The molecule has 29 heavy (non-hydrogen) atoms. The molecule has 3 rings (SSSR count). The molecule has 152 valence electrons. The predicted octanol–water partition coefficient (Wildman–Crippen LogP) is 3.33. The lowest BCUT2D eigenvalue weighted by molar-refractivity contribution is 0.0562. The summed E-state index contributed by atoms with van der Waals surface area (Å²) in [5, 5.41) is 12.0. The molecule has 0 radical (unpaired) electrons. The van der Waals surface area contributed by atoms with E-state index in [-0.39, 0.29) is 34.6 Å². The van der Waals surface area contributed by atoms with Gasteiger partial charge in [0.25, 0.3) is 0 Å². The van der Waals surface area contributed by atoms with Crippen LogP contribution in [0.4, 0.5) is 14.9 Å². The second-order valence-electron chi connectivity index (χ2n) is 7.87. The molecule has 0 bridgehead atoms. The summed E-state index contributed by atoms with van der Waals surface area (Å²) < 4.78 is 21.4. The molecule has 1 atom stereocenters. The minimum atomic E-state index is -1.19. The number of ether oxygens (including phenoxy) is 1. The number of aromatic nitrogens is 2. The molecule has 0 fully saturated rings. The highest BCUT2D eigenvalue weighted by Gasteiger charge is 2.38. The number of hydrogen-bond donors (Lipinski definition) is 2.